The van der Waals surface area contributed by atoms with Crippen LogP contribution in [0.2, 0.25) is 5.02 Å². The van der Waals surface area contributed by atoms with E-state index in [0.717, 1.165) is 0 Å². The molecule has 1 atom stereocenters. The predicted molar refractivity (Wildman–Crippen MR) is 70.8 cm³/mol. The second kappa shape index (κ2) is 4.32. The van der Waals surface area contributed by atoms with Crippen molar-refractivity contribution in [3.8, 4) is 0 Å². The number of hydrogen-bond donors (Lipinski definition) is 0. The van der Waals surface area contributed by atoms with Crippen molar-refractivity contribution in [2.24, 2.45) is 0 Å². The van der Waals surface area contributed by atoms with Crippen LogP contribution in [0.1, 0.15) is 10.4 Å². The summed E-state index contributed by atoms with van der Waals surface area (Å²) in [6, 6.07) is 14.0. The molecule has 1 unspecified atom stereocenters. The van der Waals surface area contributed by atoms with Crippen molar-refractivity contribution in [2.45, 2.75) is 0 Å². The standard InChI is InChI=1S/C13H8ClNO2Se/c14-11-8-4-7-10-12(11)18(17)15(13(10)16)9-5-2-1-3-6-9/h1-8H. The van der Waals surface area contributed by atoms with E-state index in [-0.39, 0.29) is 5.91 Å². The fourth-order valence-electron chi connectivity index (χ4n) is 1.91. The van der Waals surface area contributed by atoms with Crippen molar-refractivity contribution in [3.05, 3.63) is 59.1 Å². The Kier molecular flexibility index (Phi) is 2.78. The number of carbonyl (C=O) groups excluding carboxylic acids is 1. The molecule has 2 aromatic rings. The monoisotopic (exact) mass is 325 g/mol. The molecule has 2 aromatic carbocycles. The van der Waals surface area contributed by atoms with E-state index in [1.54, 1.807) is 30.3 Å². The van der Waals surface area contributed by atoms with Crippen LogP contribution in [0.3, 0.4) is 0 Å². The van der Waals surface area contributed by atoms with Crippen LogP contribution in [0.25, 0.3) is 0 Å². The van der Waals surface area contributed by atoms with E-state index in [2.05, 4.69) is 0 Å². The van der Waals surface area contributed by atoms with Gasteiger partial charge in [-0.25, -0.2) is 0 Å². The third kappa shape index (κ3) is 1.62. The van der Waals surface area contributed by atoms with Gasteiger partial charge in [0.15, 0.2) is 0 Å². The molecule has 0 saturated heterocycles. The Morgan fingerprint density at radius 3 is 2.39 bits per heavy atom. The fourth-order valence-corrected chi connectivity index (χ4v) is 5.20. The summed E-state index contributed by atoms with van der Waals surface area (Å²) >= 11 is 3.40. The van der Waals surface area contributed by atoms with Gasteiger partial charge in [-0.05, 0) is 0 Å². The fraction of sp³-hybridized carbons (Fsp3) is 0. The first-order chi connectivity index (χ1) is 8.70. The molecule has 1 aliphatic heterocycles. The van der Waals surface area contributed by atoms with Crippen molar-refractivity contribution in [1.82, 2.24) is 0 Å². The number of anilines is 1. The van der Waals surface area contributed by atoms with Crippen LogP contribution < -0.4 is 8.38 Å². The number of carbonyl (C=O) groups is 1. The molecule has 0 aliphatic carbocycles. The van der Waals surface area contributed by atoms with Crippen LogP contribution in [-0.2, 0) is 3.83 Å². The van der Waals surface area contributed by atoms with E-state index >= 15 is 0 Å². The van der Waals surface area contributed by atoms with Gasteiger partial charge in [0, 0.05) is 0 Å². The average molecular weight is 325 g/mol. The number of amides is 1. The van der Waals surface area contributed by atoms with Crippen molar-refractivity contribution in [1.29, 1.82) is 0 Å². The maximum atomic E-state index is 12.5. The van der Waals surface area contributed by atoms with Crippen LogP contribution in [-0.4, -0.2) is 20.0 Å². The summed E-state index contributed by atoms with van der Waals surface area (Å²) in [7, 11) is 0. The summed E-state index contributed by atoms with van der Waals surface area (Å²) < 4.78 is 14.3. The number of halogens is 1. The summed E-state index contributed by atoms with van der Waals surface area (Å²) in [5, 5.41) is 0.402. The molecule has 3 rings (SSSR count). The molecule has 3 nitrogen and oxygen atoms in total. The molecule has 0 radical (unpaired) electrons. The summed E-state index contributed by atoms with van der Waals surface area (Å²) in [6.07, 6.45) is 0. The first kappa shape index (κ1) is 11.6. The minimum atomic E-state index is -2.63. The second-order valence-electron chi connectivity index (χ2n) is 3.80. The Bertz CT molecular complexity index is 657. The number of para-hydroxylation sites is 1. The van der Waals surface area contributed by atoms with Gasteiger partial charge < -0.3 is 0 Å². The zero-order valence-corrected chi connectivity index (χ0v) is 11.6. The van der Waals surface area contributed by atoms with Gasteiger partial charge in [0.2, 0.25) is 0 Å². The van der Waals surface area contributed by atoms with Crippen molar-refractivity contribution in [3.63, 3.8) is 0 Å². The number of fused-ring (bicyclic) bond motifs is 1. The molecule has 1 aliphatic rings. The number of nitrogens with zero attached hydrogens (tertiary/aromatic N) is 1. The average Bonchev–Trinajstić information content (AvgIpc) is 2.64. The van der Waals surface area contributed by atoms with Gasteiger partial charge in [0.25, 0.3) is 0 Å². The first-order valence-electron chi connectivity index (χ1n) is 5.30. The van der Waals surface area contributed by atoms with Gasteiger partial charge in [-0.2, -0.15) is 0 Å². The Balaban J connectivity index is 2.17. The zero-order valence-electron chi connectivity index (χ0n) is 9.17. The summed E-state index contributed by atoms with van der Waals surface area (Å²) in [5.41, 5.74) is 1.10. The Morgan fingerprint density at radius 1 is 1.00 bits per heavy atom. The topological polar surface area (TPSA) is 37.4 Å². The third-order valence-electron chi connectivity index (χ3n) is 2.71. The van der Waals surface area contributed by atoms with E-state index in [9.17, 15) is 8.63 Å². The number of hydrogen-bond acceptors (Lipinski definition) is 2. The molecule has 0 N–H and O–H groups in total. The van der Waals surface area contributed by atoms with E-state index in [1.807, 2.05) is 18.2 Å². The van der Waals surface area contributed by atoms with E-state index in [4.69, 9.17) is 11.6 Å². The molecule has 0 fully saturated rings. The maximum absolute atomic E-state index is 12.5. The Labute approximate surface area is 113 Å². The van der Waals surface area contributed by atoms with Gasteiger partial charge in [0.05, 0.1) is 0 Å². The second-order valence-corrected chi connectivity index (χ2v) is 6.88. The number of rotatable bonds is 1. The molecule has 1 heterocycles. The molecule has 0 aromatic heterocycles. The van der Waals surface area contributed by atoms with E-state index in [1.165, 1.54) is 3.92 Å². The molecule has 5 heteroatoms. The van der Waals surface area contributed by atoms with Gasteiger partial charge in [-0.15, -0.1) is 0 Å². The summed E-state index contributed by atoms with van der Waals surface area (Å²) in [4.78, 5) is 12.3. The van der Waals surface area contributed by atoms with E-state index in [0.29, 0.717) is 20.7 Å². The SMILES string of the molecule is O=C1c2cccc(Cl)c2[Se](=O)N1c1ccccc1. The Hall–Kier alpha value is -1.48. The molecule has 18 heavy (non-hydrogen) atoms. The Morgan fingerprint density at radius 2 is 1.72 bits per heavy atom. The van der Waals surface area contributed by atoms with Gasteiger partial charge in [-0.1, -0.05) is 0 Å². The molecule has 0 bridgehead atoms. The third-order valence-corrected chi connectivity index (χ3v) is 6.42. The molecule has 0 spiro atoms. The van der Waals surface area contributed by atoms with Crippen LogP contribution in [0.5, 0.6) is 0 Å². The number of benzene rings is 2. The molecule has 90 valence electrons. The van der Waals surface area contributed by atoms with E-state index < -0.39 is 14.1 Å². The predicted octanol–water partition coefficient (Wildman–Crippen LogP) is 2.13. The molecule has 0 saturated carbocycles. The summed E-state index contributed by atoms with van der Waals surface area (Å²) in [6.45, 7) is 0. The zero-order chi connectivity index (χ0) is 12.7. The van der Waals surface area contributed by atoms with Crippen molar-refractivity contribution in [2.75, 3.05) is 3.92 Å². The van der Waals surface area contributed by atoms with Gasteiger partial charge in [-0.3, -0.25) is 0 Å². The van der Waals surface area contributed by atoms with Gasteiger partial charge in [0.1, 0.15) is 0 Å². The minimum absolute atomic E-state index is 0.237. The molecule has 1 amide bonds. The molecular weight excluding hydrogens is 317 g/mol. The normalized spacial score (nSPS) is 17.9. The molecular formula is C13H8ClNO2Se. The van der Waals surface area contributed by atoms with Gasteiger partial charge >= 0.3 is 113 Å². The van der Waals surface area contributed by atoms with Crippen molar-refractivity contribution >= 4 is 41.7 Å². The summed E-state index contributed by atoms with van der Waals surface area (Å²) in [5.74, 6) is -0.237. The van der Waals surface area contributed by atoms with Crippen LogP contribution >= 0.6 is 11.6 Å². The van der Waals surface area contributed by atoms with Crippen LogP contribution in [0.15, 0.2) is 48.5 Å². The quantitative estimate of drug-likeness (QED) is 0.754. The van der Waals surface area contributed by atoms with Crippen molar-refractivity contribution < 1.29 is 8.63 Å². The first-order valence-corrected chi connectivity index (χ1v) is 8.00. The van der Waals surface area contributed by atoms with Crippen LogP contribution in [0, 0.1) is 0 Å². The van der Waals surface area contributed by atoms with Crippen LogP contribution in [0.4, 0.5) is 5.69 Å².